The lowest BCUT2D eigenvalue weighted by molar-refractivity contribution is 0.0917. The SMILES string of the molecule is CN(C)Cc1ccc(-c2nc3cccc4c3n2C[C@H](CO)NC4=O)cc1. The molecule has 26 heavy (non-hydrogen) atoms. The zero-order valence-electron chi connectivity index (χ0n) is 14.9. The van der Waals surface area contributed by atoms with Gasteiger partial charge in [0.2, 0.25) is 0 Å². The number of aliphatic hydroxyl groups is 1. The molecule has 0 saturated carbocycles. The number of aromatic nitrogens is 2. The van der Waals surface area contributed by atoms with Crippen LogP contribution in [0.4, 0.5) is 0 Å². The number of amides is 1. The number of para-hydroxylation sites is 1. The van der Waals surface area contributed by atoms with Crippen molar-refractivity contribution in [1.82, 2.24) is 19.8 Å². The molecule has 0 unspecified atom stereocenters. The Labute approximate surface area is 152 Å². The standard InChI is InChI=1S/C20H22N4O2/c1-23(2)10-13-6-8-14(9-7-13)19-22-17-5-3-4-16-18(17)24(19)11-15(12-25)21-20(16)26/h3-9,15,25H,10-12H2,1-2H3,(H,21,26)/t15-/m1/s1. The molecule has 0 spiro atoms. The van der Waals surface area contributed by atoms with Gasteiger partial charge in [-0.15, -0.1) is 0 Å². The molecule has 0 fully saturated rings. The second-order valence-corrected chi connectivity index (χ2v) is 7.01. The predicted octanol–water partition coefficient (Wildman–Crippen LogP) is 1.87. The first kappa shape index (κ1) is 16.8. The molecule has 134 valence electrons. The summed E-state index contributed by atoms with van der Waals surface area (Å²) < 4.78 is 2.05. The number of hydrogen-bond acceptors (Lipinski definition) is 4. The van der Waals surface area contributed by atoms with E-state index >= 15 is 0 Å². The van der Waals surface area contributed by atoms with Gasteiger partial charge in [-0.2, -0.15) is 0 Å². The molecule has 0 aliphatic carbocycles. The maximum absolute atomic E-state index is 12.5. The Balaban J connectivity index is 1.85. The fraction of sp³-hybridized carbons (Fsp3) is 0.300. The molecule has 1 aliphatic heterocycles. The molecule has 1 aliphatic rings. The summed E-state index contributed by atoms with van der Waals surface area (Å²) in [6.45, 7) is 1.26. The highest BCUT2D eigenvalue weighted by atomic mass is 16.3. The average molecular weight is 350 g/mol. The molecule has 1 atom stereocenters. The molecule has 1 amide bonds. The quantitative estimate of drug-likeness (QED) is 0.754. The third-order valence-electron chi connectivity index (χ3n) is 4.68. The van der Waals surface area contributed by atoms with E-state index in [-0.39, 0.29) is 18.6 Å². The molecule has 6 nitrogen and oxygen atoms in total. The van der Waals surface area contributed by atoms with Crippen LogP contribution >= 0.6 is 0 Å². The Bertz CT molecular complexity index is 960. The summed E-state index contributed by atoms with van der Waals surface area (Å²) in [5.41, 5.74) is 4.45. The van der Waals surface area contributed by atoms with Crippen molar-refractivity contribution >= 4 is 16.9 Å². The van der Waals surface area contributed by atoms with Crippen LogP contribution in [0.15, 0.2) is 42.5 Å². The van der Waals surface area contributed by atoms with E-state index in [4.69, 9.17) is 4.98 Å². The van der Waals surface area contributed by atoms with Gasteiger partial charge in [0.05, 0.1) is 29.2 Å². The zero-order chi connectivity index (χ0) is 18.3. The smallest absolute Gasteiger partial charge is 0.253 e. The van der Waals surface area contributed by atoms with E-state index in [0.29, 0.717) is 12.1 Å². The minimum absolute atomic E-state index is 0.111. The Kier molecular flexibility index (Phi) is 4.22. The second kappa shape index (κ2) is 6.55. The van der Waals surface area contributed by atoms with Crippen molar-refractivity contribution in [1.29, 1.82) is 0 Å². The number of benzene rings is 2. The molecule has 1 aromatic heterocycles. The average Bonchev–Trinajstić information content (AvgIpc) is 2.92. The summed E-state index contributed by atoms with van der Waals surface area (Å²) in [4.78, 5) is 19.4. The van der Waals surface area contributed by atoms with Gasteiger partial charge in [-0.1, -0.05) is 30.3 Å². The first-order valence-electron chi connectivity index (χ1n) is 8.72. The molecule has 4 rings (SSSR count). The maximum Gasteiger partial charge on any atom is 0.253 e. The summed E-state index contributed by atoms with van der Waals surface area (Å²) in [5.74, 6) is 0.653. The van der Waals surface area contributed by atoms with Gasteiger partial charge < -0.3 is 19.9 Å². The summed E-state index contributed by atoms with van der Waals surface area (Å²) in [5, 5.41) is 12.5. The van der Waals surface area contributed by atoms with Crippen LogP contribution in [0.25, 0.3) is 22.4 Å². The molecule has 0 bridgehead atoms. The number of rotatable bonds is 4. The fourth-order valence-corrected chi connectivity index (χ4v) is 3.52. The van der Waals surface area contributed by atoms with Crippen molar-refractivity contribution in [2.75, 3.05) is 20.7 Å². The van der Waals surface area contributed by atoms with Crippen LogP contribution in [-0.4, -0.2) is 52.2 Å². The van der Waals surface area contributed by atoms with E-state index in [1.165, 1.54) is 5.56 Å². The predicted molar refractivity (Wildman–Crippen MR) is 101 cm³/mol. The van der Waals surface area contributed by atoms with E-state index in [1.807, 2.05) is 30.8 Å². The third-order valence-corrected chi connectivity index (χ3v) is 4.68. The van der Waals surface area contributed by atoms with Gasteiger partial charge in [-0.25, -0.2) is 4.98 Å². The van der Waals surface area contributed by atoms with Crippen molar-refractivity contribution in [3.8, 4) is 11.4 Å². The number of carbonyl (C=O) groups is 1. The van der Waals surface area contributed by atoms with Gasteiger partial charge in [0.15, 0.2) is 0 Å². The monoisotopic (exact) mass is 350 g/mol. The van der Waals surface area contributed by atoms with Crippen molar-refractivity contribution in [2.24, 2.45) is 0 Å². The number of imidazole rings is 1. The summed E-state index contributed by atoms with van der Waals surface area (Å²) in [6.07, 6.45) is 0. The molecule has 2 heterocycles. The van der Waals surface area contributed by atoms with Crippen molar-refractivity contribution in [3.63, 3.8) is 0 Å². The van der Waals surface area contributed by atoms with Crippen molar-refractivity contribution in [2.45, 2.75) is 19.1 Å². The number of nitrogens with zero attached hydrogens (tertiary/aromatic N) is 3. The first-order chi connectivity index (χ1) is 12.6. The van der Waals surface area contributed by atoms with E-state index in [9.17, 15) is 9.90 Å². The molecule has 0 radical (unpaired) electrons. The van der Waals surface area contributed by atoms with Crippen molar-refractivity contribution in [3.05, 3.63) is 53.6 Å². The van der Waals surface area contributed by atoms with E-state index in [1.54, 1.807) is 6.07 Å². The lowest BCUT2D eigenvalue weighted by atomic mass is 10.1. The summed E-state index contributed by atoms with van der Waals surface area (Å²) >= 11 is 0. The number of hydrogen-bond donors (Lipinski definition) is 2. The van der Waals surface area contributed by atoms with Crippen LogP contribution in [0.1, 0.15) is 15.9 Å². The molecule has 3 aromatic rings. The van der Waals surface area contributed by atoms with Crippen LogP contribution in [0, 0.1) is 0 Å². The van der Waals surface area contributed by atoms with Gasteiger partial charge in [0, 0.05) is 18.7 Å². The summed E-state index contributed by atoms with van der Waals surface area (Å²) in [6, 6.07) is 13.6. The molecule has 2 N–H and O–H groups in total. The van der Waals surface area contributed by atoms with Crippen LogP contribution in [0.3, 0.4) is 0 Å². The van der Waals surface area contributed by atoms with Gasteiger partial charge in [-0.3, -0.25) is 4.79 Å². The number of aliphatic hydroxyl groups excluding tert-OH is 1. The first-order valence-corrected chi connectivity index (χ1v) is 8.72. The van der Waals surface area contributed by atoms with Crippen LogP contribution < -0.4 is 5.32 Å². The molecule has 2 aromatic carbocycles. The highest BCUT2D eigenvalue weighted by molar-refractivity contribution is 6.06. The number of nitrogens with one attached hydrogen (secondary N) is 1. The van der Waals surface area contributed by atoms with Gasteiger partial charge in [-0.05, 0) is 31.8 Å². The minimum atomic E-state index is -0.334. The van der Waals surface area contributed by atoms with Gasteiger partial charge in [0.25, 0.3) is 5.91 Å². The number of carbonyl (C=O) groups excluding carboxylic acids is 1. The highest BCUT2D eigenvalue weighted by Gasteiger charge is 2.26. The Morgan fingerprint density at radius 3 is 2.69 bits per heavy atom. The highest BCUT2D eigenvalue weighted by Crippen LogP contribution is 2.29. The Hall–Kier alpha value is -2.70. The topological polar surface area (TPSA) is 70.4 Å². The van der Waals surface area contributed by atoms with Gasteiger partial charge >= 0.3 is 0 Å². The van der Waals surface area contributed by atoms with E-state index in [0.717, 1.165) is 29.0 Å². The lowest BCUT2D eigenvalue weighted by Gasteiger charge is -2.15. The Morgan fingerprint density at radius 2 is 2.00 bits per heavy atom. The molecular weight excluding hydrogens is 328 g/mol. The Morgan fingerprint density at radius 1 is 1.23 bits per heavy atom. The normalized spacial score (nSPS) is 16.8. The maximum atomic E-state index is 12.5. The largest absolute Gasteiger partial charge is 0.394 e. The third kappa shape index (κ3) is 2.87. The fourth-order valence-electron chi connectivity index (χ4n) is 3.52. The van der Waals surface area contributed by atoms with Crippen molar-refractivity contribution < 1.29 is 9.90 Å². The van der Waals surface area contributed by atoms with E-state index < -0.39 is 0 Å². The van der Waals surface area contributed by atoms with E-state index in [2.05, 4.69) is 34.5 Å². The minimum Gasteiger partial charge on any atom is -0.394 e. The molecular formula is C20H22N4O2. The van der Waals surface area contributed by atoms with Crippen LogP contribution in [-0.2, 0) is 13.1 Å². The van der Waals surface area contributed by atoms with Gasteiger partial charge in [0.1, 0.15) is 5.82 Å². The summed E-state index contributed by atoms with van der Waals surface area (Å²) in [7, 11) is 4.09. The lowest BCUT2D eigenvalue weighted by Crippen LogP contribution is -2.38. The second-order valence-electron chi connectivity index (χ2n) is 7.01. The molecule has 0 saturated heterocycles. The zero-order valence-corrected chi connectivity index (χ0v) is 14.9. The molecule has 6 heteroatoms. The van der Waals surface area contributed by atoms with Crippen LogP contribution in [0.5, 0.6) is 0 Å². The van der Waals surface area contributed by atoms with Crippen LogP contribution in [0.2, 0.25) is 0 Å².